The molecule has 15 heavy (non-hydrogen) atoms. The Morgan fingerprint density at radius 3 is 2.53 bits per heavy atom. The van der Waals surface area contributed by atoms with Crippen LogP contribution < -0.4 is 5.73 Å². The van der Waals surface area contributed by atoms with Crippen molar-refractivity contribution >= 4 is 26.7 Å². The van der Waals surface area contributed by atoms with Crippen molar-refractivity contribution < 1.29 is 4.21 Å². The van der Waals surface area contributed by atoms with Gasteiger partial charge < -0.3 is 5.73 Å². The van der Waals surface area contributed by atoms with Crippen molar-refractivity contribution in [3.05, 3.63) is 28.7 Å². The van der Waals surface area contributed by atoms with Crippen molar-refractivity contribution in [1.29, 1.82) is 0 Å². The maximum atomic E-state index is 11.9. The Kier molecular flexibility index (Phi) is 3.59. The zero-order valence-electron chi connectivity index (χ0n) is 8.36. The van der Waals surface area contributed by atoms with E-state index in [1.165, 1.54) is 12.8 Å². The van der Waals surface area contributed by atoms with E-state index < -0.39 is 10.8 Å². The number of benzene rings is 1. The molecule has 4 heteroatoms. The van der Waals surface area contributed by atoms with Gasteiger partial charge in [0.2, 0.25) is 0 Å². The van der Waals surface area contributed by atoms with Crippen LogP contribution in [0.15, 0.2) is 33.6 Å². The van der Waals surface area contributed by atoms with Crippen LogP contribution in [-0.2, 0) is 10.8 Å². The summed E-state index contributed by atoms with van der Waals surface area (Å²) in [4.78, 5) is 0.870. The molecule has 1 aromatic rings. The molecule has 0 radical (unpaired) electrons. The van der Waals surface area contributed by atoms with Gasteiger partial charge in [0.1, 0.15) is 0 Å². The summed E-state index contributed by atoms with van der Waals surface area (Å²) in [5, 5.41) is 0. The molecule has 2 rings (SSSR count). The summed E-state index contributed by atoms with van der Waals surface area (Å²) in [6, 6.07) is 7.71. The molecule has 0 aromatic heterocycles. The number of rotatable bonds is 4. The van der Waals surface area contributed by atoms with Crippen LogP contribution in [0, 0.1) is 5.92 Å². The van der Waals surface area contributed by atoms with Crippen molar-refractivity contribution in [3.63, 3.8) is 0 Å². The van der Waals surface area contributed by atoms with Gasteiger partial charge in [-0.15, -0.1) is 0 Å². The van der Waals surface area contributed by atoms with Gasteiger partial charge in [0.25, 0.3) is 0 Å². The number of hydrogen-bond acceptors (Lipinski definition) is 2. The fourth-order valence-corrected chi connectivity index (χ4v) is 3.04. The molecule has 2 N–H and O–H groups in total. The molecule has 2 atom stereocenters. The molecule has 0 aliphatic heterocycles. The minimum absolute atomic E-state index is 0.106. The van der Waals surface area contributed by atoms with Gasteiger partial charge in [0.05, 0.1) is 10.8 Å². The maximum Gasteiger partial charge on any atom is 0.0545 e. The monoisotopic (exact) mass is 287 g/mol. The molecule has 0 bridgehead atoms. The first-order valence-electron chi connectivity index (χ1n) is 5.06. The fourth-order valence-electron chi connectivity index (χ4n) is 1.52. The summed E-state index contributed by atoms with van der Waals surface area (Å²) in [6.07, 6.45) is 2.41. The van der Waals surface area contributed by atoms with Crippen molar-refractivity contribution in [2.75, 3.05) is 5.75 Å². The first-order valence-corrected chi connectivity index (χ1v) is 7.17. The molecule has 82 valence electrons. The van der Waals surface area contributed by atoms with Gasteiger partial charge in [0.15, 0.2) is 0 Å². The van der Waals surface area contributed by atoms with E-state index in [-0.39, 0.29) is 6.04 Å². The highest BCUT2D eigenvalue weighted by Crippen LogP contribution is 2.32. The third-order valence-corrected chi connectivity index (χ3v) is 4.66. The fraction of sp³-hybridized carbons (Fsp3) is 0.455. The quantitative estimate of drug-likeness (QED) is 0.923. The number of hydrogen-bond donors (Lipinski definition) is 1. The molecule has 1 aliphatic carbocycles. The zero-order chi connectivity index (χ0) is 10.8. The molecule has 0 heterocycles. The SMILES string of the molecule is NC(CS(=O)c1ccc(Br)cc1)C1CC1. The molecular formula is C11H14BrNOS. The average molecular weight is 288 g/mol. The van der Waals surface area contributed by atoms with E-state index in [0.29, 0.717) is 11.7 Å². The van der Waals surface area contributed by atoms with Crippen LogP contribution in [-0.4, -0.2) is 16.0 Å². The second kappa shape index (κ2) is 4.76. The summed E-state index contributed by atoms with van der Waals surface area (Å²) < 4.78 is 12.9. The van der Waals surface area contributed by atoms with Gasteiger partial charge in [-0.25, -0.2) is 0 Å². The molecule has 0 spiro atoms. The van der Waals surface area contributed by atoms with E-state index in [0.717, 1.165) is 9.37 Å². The second-order valence-electron chi connectivity index (χ2n) is 3.97. The average Bonchev–Trinajstić information content (AvgIpc) is 3.01. The molecule has 1 aromatic carbocycles. The summed E-state index contributed by atoms with van der Waals surface area (Å²) in [7, 11) is -0.948. The first kappa shape index (κ1) is 11.3. The number of nitrogens with two attached hydrogens (primary N) is 1. The van der Waals surface area contributed by atoms with E-state index in [9.17, 15) is 4.21 Å². The Labute approximate surface area is 101 Å². The Bertz CT molecular complexity index is 361. The summed E-state index contributed by atoms with van der Waals surface area (Å²) in [5.74, 6) is 1.20. The largest absolute Gasteiger partial charge is 0.327 e. The van der Waals surface area contributed by atoms with Crippen LogP contribution in [0.4, 0.5) is 0 Å². The minimum Gasteiger partial charge on any atom is -0.327 e. The highest BCUT2D eigenvalue weighted by molar-refractivity contribution is 9.10. The predicted octanol–water partition coefficient (Wildman–Crippen LogP) is 2.29. The third kappa shape index (κ3) is 3.13. The standard InChI is InChI=1S/C11H14BrNOS/c12-9-3-5-10(6-4-9)15(14)7-11(13)8-1-2-8/h3-6,8,11H,1-2,7,13H2. The number of halogens is 1. The summed E-state index contributed by atoms with van der Waals surface area (Å²) in [5.41, 5.74) is 5.94. The molecule has 2 nitrogen and oxygen atoms in total. The Balaban J connectivity index is 1.97. The Morgan fingerprint density at radius 1 is 1.40 bits per heavy atom. The lowest BCUT2D eigenvalue weighted by atomic mass is 10.2. The van der Waals surface area contributed by atoms with Crippen molar-refractivity contribution in [1.82, 2.24) is 0 Å². The van der Waals surface area contributed by atoms with Gasteiger partial charge >= 0.3 is 0 Å². The van der Waals surface area contributed by atoms with Crippen LogP contribution in [0.5, 0.6) is 0 Å². The van der Waals surface area contributed by atoms with E-state index in [1.807, 2.05) is 24.3 Å². The highest BCUT2D eigenvalue weighted by Gasteiger charge is 2.29. The lowest BCUT2D eigenvalue weighted by molar-refractivity contribution is 0.634. The first-order chi connectivity index (χ1) is 7.16. The lowest BCUT2D eigenvalue weighted by Crippen LogP contribution is -2.29. The topological polar surface area (TPSA) is 43.1 Å². The van der Waals surface area contributed by atoms with Crippen LogP contribution in [0.25, 0.3) is 0 Å². The van der Waals surface area contributed by atoms with E-state index in [2.05, 4.69) is 15.9 Å². The lowest BCUT2D eigenvalue weighted by Gasteiger charge is -2.09. The molecule has 1 saturated carbocycles. The van der Waals surface area contributed by atoms with Crippen molar-refractivity contribution in [2.24, 2.45) is 11.7 Å². The Hall–Kier alpha value is -0.190. The van der Waals surface area contributed by atoms with E-state index >= 15 is 0 Å². The normalized spacial score (nSPS) is 19.9. The molecule has 0 saturated heterocycles. The third-order valence-electron chi connectivity index (χ3n) is 2.65. The Morgan fingerprint density at radius 2 is 2.00 bits per heavy atom. The molecule has 1 fully saturated rings. The highest BCUT2D eigenvalue weighted by atomic mass is 79.9. The van der Waals surface area contributed by atoms with Gasteiger partial charge in [-0.05, 0) is 43.0 Å². The van der Waals surface area contributed by atoms with Crippen LogP contribution in [0.2, 0.25) is 0 Å². The smallest absolute Gasteiger partial charge is 0.0545 e. The molecule has 0 amide bonds. The molecular weight excluding hydrogens is 274 g/mol. The zero-order valence-corrected chi connectivity index (χ0v) is 10.8. The van der Waals surface area contributed by atoms with E-state index in [1.54, 1.807) is 0 Å². The van der Waals surface area contributed by atoms with E-state index in [4.69, 9.17) is 5.73 Å². The summed E-state index contributed by atoms with van der Waals surface area (Å²) in [6.45, 7) is 0. The maximum absolute atomic E-state index is 11.9. The summed E-state index contributed by atoms with van der Waals surface area (Å²) >= 11 is 3.35. The van der Waals surface area contributed by atoms with Gasteiger partial charge in [0, 0.05) is 21.2 Å². The van der Waals surface area contributed by atoms with Gasteiger partial charge in [-0.2, -0.15) is 0 Å². The van der Waals surface area contributed by atoms with Crippen LogP contribution >= 0.6 is 15.9 Å². The van der Waals surface area contributed by atoms with Crippen LogP contribution in [0.3, 0.4) is 0 Å². The molecule has 1 aliphatic rings. The van der Waals surface area contributed by atoms with Crippen molar-refractivity contribution in [3.8, 4) is 0 Å². The predicted molar refractivity (Wildman–Crippen MR) is 66.1 cm³/mol. The molecule has 2 unspecified atom stereocenters. The van der Waals surface area contributed by atoms with Crippen molar-refractivity contribution in [2.45, 2.75) is 23.8 Å². The second-order valence-corrected chi connectivity index (χ2v) is 6.38. The van der Waals surface area contributed by atoms with Gasteiger partial charge in [-0.3, -0.25) is 4.21 Å². The van der Waals surface area contributed by atoms with Gasteiger partial charge in [-0.1, -0.05) is 15.9 Å². The van der Waals surface area contributed by atoms with Crippen LogP contribution in [0.1, 0.15) is 12.8 Å². The minimum atomic E-state index is -0.948.